The van der Waals surface area contributed by atoms with E-state index in [1.807, 2.05) is 13.0 Å². The molecule has 0 atom stereocenters. The number of carboxylic acid groups (broad SMARTS) is 1. The summed E-state index contributed by atoms with van der Waals surface area (Å²) in [6.07, 6.45) is 0.603. The molecule has 5 heteroatoms. The van der Waals surface area contributed by atoms with E-state index in [1.54, 1.807) is 31.2 Å². The number of aromatic nitrogens is 2. The van der Waals surface area contributed by atoms with Gasteiger partial charge in [-0.2, -0.15) is 10.4 Å². The van der Waals surface area contributed by atoms with Crippen LogP contribution < -0.4 is 0 Å². The van der Waals surface area contributed by atoms with Crippen LogP contribution in [-0.4, -0.2) is 20.9 Å². The van der Waals surface area contributed by atoms with Crippen molar-refractivity contribution in [3.8, 4) is 11.8 Å². The standard InChI is InChI=1S/C14H13N3O2/c1-3-12-9(2)16-17(13(12)14(18)19)11-6-4-5-10(7-11)8-15/h4-7H,3H2,1-2H3,(H,18,19). The minimum Gasteiger partial charge on any atom is -0.477 e. The quantitative estimate of drug-likeness (QED) is 0.912. The molecule has 1 aromatic heterocycles. The summed E-state index contributed by atoms with van der Waals surface area (Å²) in [4.78, 5) is 11.4. The molecule has 2 aromatic rings. The predicted molar refractivity (Wildman–Crippen MR) is 69.4 cm³/mol. The molecule has 0 aliphatic heterocycles. The molecular weight excluding hydrogens is 242 g/mol. The summed E-state index contributed by atoms with van der Waals surface area (Å²) >= 11 is 0. The lowest BCUT2D eigenvalue weighted by Gasteiger charge is -2.05. The third-order valence-corrected chi connectivity index (χ3v) is 2.96. The summed E-state index contributed by atoms with van der Waals surface area (Å²) in [5.74, 6) is -1.01. The molecule has 19 heavy (non-hydrogen) atoms. The second-order valence-electron chi connectivity index (χ2n) is 4.15. The molecule has 1 N–H and O–H groups in total. The number of aromatic carboxylic acids is 1. The van der Waals surface area contributed by atoms with Crippen molar-refractivity contribution in [3.63, 3.8) is 0 Å². The Kier molecular flexibility index (Phi) is 3.34. The van der Waals surface area contributed by atoms with Gasteiger partial charge in [0.05, 0.1) is 23.0 Å². The molecule has 0 bridgehead atoms. The molecule has 0 spiro atoms. The lowest BCUT2D eigenvalue weighted by atomic mass is 10.1. The van der Waals surface area contributed by atoms with Crippen LogP contribution in [0.5, 0.6) is 0 Å². The Morgan fingerprint density at radius 2 is 2.26 bits per heavy atom. The Bertz CT molecular complexity index is 680. The number of aryl methyl sites for hydroxylation is 1. The van der Waals surface area contributed by atoms with Gasteiger partial charge in [-0.15, -0.1) is 0 Å². The van der Waals surface area contributed by atoms with Gasteiger partial charge in [0.15, 0.2) is 5.69 Å². The summed E-state index contributed by atoms with van der Waals surface area (Å²) in [6, 6.07) is 8.77. The molecule has 1 heterocycles. The zero-order valence-electron chi connectivity index (χ0n) is 10.7. The van der Waals surface area contributed by atoms with E-state index < -0.39 is 5.97 Å². The zero-order chi connectivity index (χ0) is 14.0. The number of benzene rings is 1. The summed E-state index contributed by atoms with van der Waals surface area (Å²) < 4.78 is 1.39. The van der Waals surface area contributed by atoms with Gasteiger partial charge in [-0.3, -0.25) is 0 Å². The summed E-state index contributed by atoms with van der Waals surface area (Å²) in [7, 11) is 0. The van der Waals surface area contributed by atoms with Crippen molar-refractivity contribution in [2.45, 2.75) is 20.3 Å². The summed E-state index contributed by atoms with van der Waals surface area (Å²) in [6.45, 7) is 3.68. The van der Waals surface area contributed by atoms with Gasteiger partial charge >= 0.3 is 5.97 Å². The molecule has 0 radical (unpaired) electrons. The van der Waals surface area contributed by atoms with E-state index >= 15 is 0 Å². The van der Waals surface area contributed by atoms with Gasteiger partial charge in [0.2, 0.25) is 0 Å². The highest BCUT2D eigenvalue weighted by atomic mass is 16.4. The summed E-state index contributed by atoms with van der Waals surface area (Å²) in [5, 5.41) is 22.5. The number of rotatable bonds is 3. The van der Waals surface area contributed by atoms with Crippen LogP contribution in [0.15, 0.2) is 24.3 Å². The Hall–Kier alpha value is -2.61. The molecule has 96 valence electrons. The fourth-order valence-electron chi connectivity index (χ4n) is 2.10. The van der Waals surface area contributed by atoms with Gasteiger partial charge in [0, 0.05) is 5.56 Å². The van der Waals surface area contributed by atoms with Crippen LogP contribution in [0, 0.1) is 18.3 Å². The molecule has 5 nitrogen and oxygen atoms in total. The first-order valence-electron chi connectivity index (χ1n) is 5.90. The minimum absolute atomic E-state index is 0.162. The van der Waals surface area contributed by atoms with Crippen molar-refractivity contribution < 1.29 is 9.90 Å². The average Bonchev–Trinajstić information content (AvgIpc) is 2.75. The first-order chi connectivity index (χ1) is 9.08. The van der Waals surface area contributed by atoms with Gasteiger partial charge in [0.25, 0.3) is 0 Å². The smallest absolute Gasteiger partial charge is 0.354 e. The maximum atomic E-state index is 11.4. The van der Waals surface area contributed by atoms with Crippen LogP contribution >= 0.6 is 0 Å². The van der Waals surface area contributed by atoms with E-state index in [2.05, 4.69) is 5.10 Å². The van der Waals surface area contributed by atoms with Crippen LogP contribution in [0.2, 0.25) is 0 Å². The fourth-order valence-corrected chi connectivity index (χ4v) is 2.10. The molecular formula is C14H13N3O2. The van der Waals surface area contributed by atoms with E-state index in [1.165, 1.54) is 4.68 Å². The SMILES string of the molecule is CCc1c(C)nn(-c2cccc(C#N)c2)c1C(=O)O. The van der Waals surface area contributed by atoms with Gasteiger partial charge < -0.3 is 5.11 Å². The third-order valence-electron chi connectivity index (χ3n) is 2.96. The van der Waals surface area contributed by atoms with Gasteiger partial charge in [-0.05, 0) is 31.5 Å². The second kappa shape index (κ2) is 4.94. The number of hydrogen-bond acceptors (Lipinski definition) is 3. The molecule has 0 saturated heterocycles. The highest BCUT2D eigenvalue weighted by molar-refractivity contribution is 5.88. The van der Waals surface area contributed by atoms with Crippen LogP contribution in [0.3, 0.4) is 0 Å². The number of hydrogen-bond donors (Lipinski definition) is 1. The fraction of sp³-hybridized carbons (Fsp3) is 0.214. The zero-order valence-corrected chi connectivity index (χ0v) is 10.7. The van der Waals surface area contributed by atoms with E-state index in [4.69, 9.17) is 5.26 Å². The largest absolute Gasteiger partial charge is 0.477 e. The van der Waals surface area contributed by atoms with Crippen molar-refractivity contribution in [3.05, 3.63) is 46.8 Å². The summed E-state index contributed by atoms with van der Waals surface area (Å²) in [5.41, 5.74) is 2.63. The number of carbonyl (C=O) groups is 1. The molecule has 2 rings (SSSR count). The molecule has 0 aliphatic carbocycles. The molecule has 0 saturated carbocycles. The highest BCUT2D eigenvalue weighted by Crippen LogP contribution is 2.20. The van der Waals surface area contributed by atoms with E-state index in [-0.39, 0.29) is 5.69 Å². The van der Waals surface area contributed by atoms with Crippen molar-refractivity contribution in [2.24, 2.45) is 0 Å². The molecule has 0 fully saturated rings. The number of nitrogens with zero attached hydrogens (tertiary/aromatic N) is 3. The first-order valence-corrected chi connectivity index (χ1v) is 5.90. The predicted octanol–water partition coefficient (Wildman–Crippen LogP) is 2.31. The van der Waals surface area contributed by atoms with Gasteiger partial charge in [0.1, 0.15) is 0 Å². The highest BCUT2D eigenvalue weighted by Gasteiger charge is 2.20. The third kappa shape index (κ3) is 2.20. The van der Waals surface area contributed by atoms with Crippen LogP contribution in [0.4, 0.5) is 0 Å². The number of nitriles is 1. The maximum Gasteiger partial charge on any atom is 0.354 e. The van der Waals surface area contributed by atoms with Crippen molar-refractivity contribution in [1.82, 2.24) is 9.78 Å². The second-order valence-corrected chi connectivity index (χ2v) is 4.15. The molecule has 0 unspecified atom stereocenters. The van der Waals surface area contributed by atoms with Crippen molar-refractivity contribution in [2.75, 3.05) is 0 Å². The average molecular weight is 255 g/mol. The van der Waals surface area contributed by atoms with Crippen LogP contribution in [0.25, 0.3) is 5.69 Å². The molecule has 0 amide bonds. The number of carboxylic acids is 1. The molecule has 0 aliphatic rings. The topological polar surface area (TPSA) is 78.9 Å². The molecule has 1 aromatic carbocycles. The van der Waals surface area contributed by atoms with Gasteiger partial charge in [-0.25, -0.2) is 9.48 Å². The first kappa shape index (κ1) is 12.8. The van der Waals surface area contributed by atoms with E-state index in [0.717, 1.165) is 5.56 Å². The van der Waals surface area contributed by atoms with E-state index in [9.17, 15) is 9.90 Å². The van der Waals surface area contributed by atoms with Gasteiger partial charge in [-0.1, -0.05) is 13.0 Å². The Morgan fingerprint density at radius 3 is 2.84 bits per heavy atom. The normalized spacial score (nSPS) is 10.2. The van der Waals surface area contributed by atoms with Crippen molar-refractivity contribution >= 4 is 5.97 Å². The maximum absolute atomic E-state index is 11.4. The lowest BCUT2D eigenvalue weighted by Crippen LogP contribution is -2.10. The Balaban J connectivity index is 2.68. The van der Waals surface area contributed by atoms with Crippen LogP contribution in [-0.2, 0) is 6.42 Å². The monoisotopic (exact) mass is 255 g/mol. The van der Waals surface area contributed by atoms with Crippen LogP contribution in [0.1, 0.15) is 34.2 Å². The lowest BCUT2D eigenvalue weighted by molar-refractivity contribution is 0.0686. The van der Waals surface area contributed by atoms with E-state index in [0.29, 0.717) is 23.4 Å². The van der Waals surface area contributed by atoms with Crippen molar-refractivity contribution in [1.29, 1.82) is 5.26 Å². The Labute approximate surface area is 110 Å². The minimum atomic E-state index is -1.01. The Morgan fingerprint density at radius 1 is 1.53 bits per heavy atom.